The monoisotopic (exact) mass is 280 g/mol. The zero-order chi connectivity index (χ0) is 14.8. The van der Waals surface area contributed by atoms with Gasteiger partial charge in [0.25, 0.3) is 0 Å². The summed E-state index contributed by atoms with van der Waals surface area (Å²) in [6.45, 7) is 12.0. The zero-order valence-corrected chi connectivity index (χ0v) is 13.5. The van der Waals surface area contributed by atoms with Crippen LogP contribution in [0.5, 0.6) is 0 Å². The van der Waals surface area contributed by atoms with Crippen molar-refractivity contribution in [1.29, 1.82) is 0 Å². The van der Waals surface area contributed by atoms with Crippen LogP contribution in [0.3, 0.4) is 0 Å². The third-order valence-corrected chi connectivity index (χ3v) is 3.81. The largest absolute Gasteiger partial charge is 0.465 e. The summed E-state index contributed by atoms with van der Waals surface area (Å²) in [5.74, 6) is 2.05. The summed E-state index contributed by atoms with van der Waals surface area (Å²) in [5, 5.41) is 3.46. The van der Waals surface area contributed by atoms with E-state index in [4.69, 9.17) is 9.15 Å². The molecule has 1 fully saturated rings. The predicted molar refractivity (Wildman–Crippen MR) is 80.7 cm³/mol. The second-order valence-electron chi connectivity index (χ2n) is 6.83. The molecule has 4 heteroatoms. The molecule has 0 amide bonds. The van der Waals surface area contributed by atoms with Gasteiger partial charge in [0.15, 0.2) is 0 Å². The Balaban J connectivity index is 1.93. The molecule has 4 nitrogen and oxygen atoms in total. The Kier molecular flexibility index (Phi) is 4.89. The van der Waals surface area contributed by atoms with Crippen LogP contribution < -0.4 is 5.32 Å². The quantitative estimate of drug-likeness (QED) is 0.900. The Hall–Kier alpha value is -0.840. The molecule has 0 spiro atoms. The fourth-order valence-electron chi connectivity index (χ4n) is 2.45. The minimum atomic E-state index is 0.110. The smallest absolute Gasteiger partial charge is 0.118 e. The summed E-state index contributed by atoms with van der Waals surface area (Å²) in [6.07, 6.45) is 1.13. The number of hydrogen-bond acceptors (Lipinski definition) is 4. The highest BCUT2D eigenvalue weighted by atomic mass is 16.5. The van der Waals surface area contributed by atoms with E-state index in [0.29, 0.717) is 6.04 Å². The lowest BCUT2D eigenvalue weighted by molar-refractivity contribution is 0.156. The van der Waals surface area contributed by atoms with Crippen molar-refractivity contribution in [2.24, 2.45) is 0 Å². The number of rotatable bonds is 5. The van der Waals surface area contributed by atoms with Crippen LogP contribution in [-0.4, -0.2) is 36.7 Å². The molecular formula is C16H28N2O2. The number of aryl methyl sites for hydroxylation is 1. The van der Waals surface area contributed by atoms with Crippen molar-refractivity contribution < 1.29 is 9.15 Å². The van der Waals surface area contributed by atoms with Gasteiger partial charge in [-0.05, 0) is 47.2 Å². The van der Waals surface area contributed by atoms with Gasteiger partial charge in [-0.1, -0.05) is 0 Å². The molecular weight excluding hydrogens is 252 g/mol. The van der Waals surface area contributed by atoms with Crippen LogP contribution in [0.15, 0.2) is 10.5 Å². The van der Waals surface area contributed by atoms with E-state index in [1.54, 1.807) is 0 Å². The lowest BCUT2D eigenvalue weighted by Gasteiger charge is -2.22. The van der Waals surface area contributed by atoms with Crippen molar-refractivity contribution in [3.05, 3.63) is 23.2 Å². The fourth-order valence-corrected chi connectivity index (χ4v) is 2.45. The topological polar surface area (TPSA) is 37.6 Å². The van der Waals surface area contributed by atoms with Gasteiger partial charge in [0.2, 0.25) is 0 Å². The normalized spacial score (nSPS) is 20.0. The van der Waals surface area contributed by atoms with Crippen molar-refractivity contribution in [2.75, 3.05) is 20.3 Å². The van der Waals surface area contributed by atoms with E-state index >= 15 is 0 Å². The standard InChI is InChI=1S/C16H28N2O2/c1-12-13(10-18(5)14-6-7-19-11-14)8-15(20-12)9-17-16(2,3)4/h8,14,17H,6-7,9-11H2,1-5H3. The lowest BCUT2D eigenvalue weighted by atomic mass is 10.1. The number of nitrogens with zero attached hydrogens (tertiary/aromatic N) is 1. The molecule has 1 unspecified atom stereocenters. The van der Waals surface area contributed by atoms with E-state index in [1.807, 2.05) is 0 Å². The van der Waals surface area contributed by atoms with Gasteiger partial charge < -0.3 is 14.5 Å². The van der Waals surface area contributed by atoms with Crippen LogP contribution in [0, 0.1) is 6.92 Å². The Bertz CT molecular complexity index is 428. The molecule has 0 aliphatic carbocycles. The van der Waals surface area contributed by atoms with E-state index in [2.05, 4.69) is 51.0 Å². The van der Waals surface area contributed by atoms with Crippen molar-refractivity contribution >= 4 is 0 Å². The predicted octanol–water partition coefficient (Wildman–Crippen LogP) is 2.70. The molecule has 0 bridgehead atoms. The van der Waals surface area contributed by atoms with E-state index < -0.39 is 0 Å². The summed E-state index contributed by atoms with van der Waals surface area (Å²) in [7, 11) is 2.17. The molecule has 0 saturated carbocycles. The molecule has 2 heterocycles. The van der Waals surface area contributed by atoms with Crippen LogP contribution in [-0.2, 0) is 17.8 Å². The van der Waals surface area contributed by atoms with Crippen LogP contribution in [0.4, 0.5) is 0 Å². The van der Waals surface area contributed by atoms with Gasteiger partial charge in [0, 0.05) is 30.3 Å². The number of likely N-dealkylation sites (N-methyl/N-ethyl adjacent to an activating group) is 1. The number of ether oxygens (including phenoxy) is 1. The van der Waals surface area contributed by atoms with Crippen LogP contribution in [0.2, 0.25) is 0 Å². The average Bonchev–Trinajstić information content (AvgIpc) is 2.96. The Morgan fingerprint density at radius 3 is 2.75 bits per heavy atom. The van der Waals surface area contributed by atoms with E-state index in [1.165, 1.54) is 5.56 Å². The highest BCUT2D eigenvalue weighted by Gasteiger charge is 2.21. The number of furan rings is 1. The first-order valence-electron chi connectivity index (χ1n) is 7.46. The Morgan fingerprint density at radius 1 is 1.40 bits per heavy atom. The third kappa shape index (κ3) is 4.33. The van der Waals surface area contributed by atoms with Gasteiger partial charge in [0.05, 0.1) is 13.2 Å². The highest BCUT2D eigenvalue weighted by Crippen LogP contribution is 2.20. The van der Waals surface area contributed by atoms with Gasteiger partial charge in [-0.2, -0.15) is 0 Å². The Labute approximate surface area is 122 Å². The second kappa shape index (κ2) is 6.29. The maximum Gasteiger partial charge on any atom is 0.118 e. The lowest BCUT2D eigenvalue weighted by Crippen LogP contribution is -2.34. The van der Waals surface area contributed by atoms with Crippen LogP contribution in [0.1, 0.15) is 44.3 Å². The molecule has 1 N–H and O–H groups in total. The first kappa shape index (κ1) is 15.5. The van der Waals surface area contributed by atoms with Gasteiger partial charge in [-0.25, -0.2) is 0 Å². The van der Waals surface area contributed by atoms with Gasteiger partial charge in [-0.3, -0.25) is 4.90 Å². The molecule has 1 aliphatic heterocycles. The fraction of sp³-hybridized carbons (Fsp3) is 0.750. The SMILES string of the molecule is Cc1oc(CNC(C)(C)C)cc1CN(C)C1CCOC1. The van der Waals surface area contributed by atoms with Crippen molar-refractivity contribution in [3.8, 4) is 0 Å². The van der Waals surface area contributed by atoms with Crippen molar-refractivity contribution in [2.45, 2.75) is 58.8 Å². The number of nitrogens with one attached hydrogen (secondary N) is 1. The van der Waals surface area contributed by atoms with Crippen molar-refractivity contribution in [3.63, 3.8) is 0 Å². The summed E-state index contributed by atoms with van der Waals surface area (Å²) in [5.41, 5.74) is 1.39. The molecule has 1 saturated heterocycles. The van der Waals surface area contributed by atoms with Crippen molar-refractivity contribution in [1.82, 2.24) is 10.2 Å². The summed E-state index contributed by atoms with van der Waals surface area (Å²) in [6, 6.07) is 2.72. The Morgan fingerprint density at radius 2 is 2.15 bits per heavy atom. The molecule has 1 aromatic heterocycles. The summed E-state index contributed by atoms with van der Waals surface area (Å²) < 4.78 is 11.3. The molecule has 0 radical (unpaired) electrons. The molecule has 0 aromatic carbocycles. The van der Waals surface area contributed by atoms with Crippen LogP contribution >= 0.6 is 0 Å². The third-order valence-electron chi connectivity index (χ3n) is 3.81. The van der Waals surface area contributed by atoms with E-state index in [9.17, 15) is 0 Å². The van der Waals surface area contributed by atoms with E-state index in [0.717, 1.165) is 44.2 Å². The first-order chi connectivity index (χ1) is 9.35. The maximum atomic E-state index is 5.85. The summed E-state index contributed by atoms with van der Waals surface area (Å²) in [4.78, 5) is 2.37. The van der Waals surface area contributed by atoms with Gasteiger partial charge >= 0.3 is 0 Å². The molecule has 1 atom stereocenters. The maximum absolute atomic E-state index is 5.85. The van der Waals surface area contributed by atoms with Gasteiger partial charge in [-0.15, -0.1) is 0 Å². The van der Waals surface area contributed by atoms with E-state index in [-0.39, 0.29) is 5.54 Å². The minimum absolute atomic E-state index is 0.110. The zero-order valence-electron chi connectivity index (χ0n) is 13.5. The second-order valence-corrected chi connectivity index (χ2v) is 6.83. The minimum Gasteiger partial charge on any atom is -0.465 e. The summed E-state index contributed by atoms with van der Waals surface area (Å²) >= 11 is 0. The molecule has 114 valence electrons. The van der Waals surface area contributed by atoms with Gasteiger partial charge in [0.1, 0.15) is 11.5 Å². The first-order valence-corrected chi connectivity index (χ1v) is 7.46. The molecule has 1 aliphatic rings. The molecule has 1 aromatic rings. The molecule has 20 heavy (non-hydrogen) atoms. The highest BCUT2D eigenvalue weighted by molar-refractivity contribution is 5.21. The average molecular weight is 280 g/mol. The number of hydrogen-bond donors (Lipinski definition) is 1. The van der Waals surface area contributed by atoms with Crippen LogP contribution in [0.25, 0.3) is 0 Å². The molecule has 2 rings (SSSR count).